The van der Waals surface area contributed by atoms with Crippen molar-refractivity contribution >= 4 is 5.69 Å². The van der Waals surface area contributed by atoms with E-state index in [1.54, 1.807) is 0 Å². The second kappa shape index (κ2) is 5.51. The lowest BCUT2D eigenvalue weighted by Gasteiger charge is -2.33. The van der Waals surface area contributed by atoms with Crippen LogP contribution >= 0.6 is 0 Å². The Morgan fingerprint density at radius 1 is 1.37 bits per heavy atom. The fraction of sp³-hybridized carbons (Fsp3) is 0.625. The van der Waals surface area contributed by atoms with E-state index in [4.69, 9.17) is 10.5 Å². The summed E-state index contributed by atoms with van der Waals surface area (Å²) in [5, 5.41) is 0. The third-order valence-electron chi connectivity index (χ3n) is 4.34. The predicted molar refractivity (Wildman–Crippen MR) is 78.4 cm³/mol. The highest BCUT2D eigenvalue weighted by Gasteiger charge is 2.26. The van der Waals surface area contributed by atoms with Gasteiger partial charge in [0.05, 0.1) is 12.2 Å². The Morgan fingerprint density at radius 2 is 2.26 bits per heavy atom. The van der Waals surface area contributed by atoms with E-state index in [1.165, 1.54) is 42.5 Å². The number of ether oxygens (including phenoxy) is 1. The molecule has 2 unspecified atom stereocenters. The standard InChI is InChI=1S/C16H24N2O/c1-12-4-6-15(19-12)11-18-8-2-3-14-9-13(10-17)5-7-16(14)18/h5,7,9,12,15H,2-4,6,8,10-11,17H2,1H3. The molecular weight excluding hydrogens is 236 g/mol. The van der Waals surface area contributed by atoms with Gasteiger partial charge in [0.2, 0.25) is 0 Å². The van der Waals surface area contributed by atoms with Crippen molar-refractivity contribution in [1.82, 2.24) is 0 Å². The molecule has 2 aliphatic rings. The molecule has 2 heterocycles. The highest BCUT2D eigenvalue weighted by Crippen LogP contribution is 2.30. The van der Waals surface area contributed by atoms with Crippen molar-refractivity contribution in [1.29, 1.82) is 0 Å². The number of fused-ring (bicyclic) bond motifs is 1. The number of rotatable bonds is 3. The second-order valence-electron chi connectivity index (χ2n) is 5.86. The van der Waals surface area contributed by atoms with Crippen LogP contribution in [0.5, 0.6) is 0 Å². The summed E-state index contributed by atoms with van der Waals surface area (Å²) in [5.74, 6) is 0. The Morgan fingerprint density at radius 3 is 3.00 bits per heavy atom. The molecule has 19 heavy (non-hydrogen) atoms. The van der Waals surface area contributed by atoms with E-state index in [0.717, 1.165) is 13.1 Å². The first kappa shape index (κ1) is 12.9. The molecule has 2 N–H and O–H groups in total. The zero-order valence-electron chi connectivity index (χ0n) is 11.8. The van der Waals surface area contributed by atoms with Crippen LogP contribution in [0.3, 0.4) is 0 Å². The third-order valence-corrected chi connectivity index (χ3v) is 4.34. The fourth-order valence-electron chi connectivity index (χ4n) is 3.31. The topological polar surface area (TPSA) is 38.5 Å². The van der Waals surface area contributed by atoms with E-state index in [1.807, 2.05) is 0 Å². The summed E-state index contributed by atoms with van der Waals surface area (Å²) >= 11 is 0. The Hall–Kier alpha value is -1.06. The molecule has 0 spiro atoms. The first-order valence-corrected chi connectivity index (χ1v) is 7.48. The maximum Gasteiger partial charge on any atom is 0.0754 e. The van der Waals surface area contributed by atoms with Crippen LogP contribution in [0.1, 0.15) is 37.3 Å². The van der Waals surface area contributed by atoms with E-state index >= 15 is 0 Å². The van der Waals surface area contributed by atoms with Crippen LogP contribution in [-0.2, 0) is 17.7 Å². The van der Waals surface area contributed by atoms with E-state index < -0.39 is 0 Å². The average Bonchev–Trinajstić information content (AvgIpc) is 2.84. The van der Waals surface area contributed by atoms with Gasteiger partial charge in [0, 0.05) is 25.3 Å². The van der Waals surface area contributed by atoms with Crippen molar-refractivity contribution in [3.63, 3.8) is 0 Å². The van der Waals surface area contributed by atoms with Crippen LogP contribution in [-0.4, -0.2) is 25.3 Å². The normalized spacial score (nSPS) is 26.5. The molecular formula is C16H24N2O. The van der Waals surface area contributed by atoms with Crippen LogP contribution in [0.25, 0.3) is 0 Å². The largest absolute Gasteiger partial charge is 0.373 e. The Kier molecular flexibility index (Phi) is 3.76. The number of anilines is 1. The monoisotopic (exact) mass is 260 g/mol. The van der Waals surface area contributed by atoms with Gasteiger partial charge in [-0.3, -0.25) is 0 Å². The molecule has 3 rings (SSSR count). The van der Waals surface area contributed by atoms with Gasteiger partial charge in [0.1, 0.15) is 0 Å². The van der Waals surface area contributed by atoms with E-state index in [2.05, 4.69) is 30.0 Å². The van der Waals surface area contributed by atoms with Gasteiger partial charge in [-0.2, -0.15) is 0 Å². The highest BCUT2D eigenvalue weighted by molar-refractivity contribution is 5.57. The number of nitrogens with two attached hydrogens (primary N) is 1. The van der Waals surface area contributed by atoms with E-state index in [0.29, 0.717) is 18.8 Å². The molecule has 2 atom stereocenters. The van der Waals surface area contributed by atoms with Gasteiger partial charge in [0.25, 0.3) is 0 Å². The lowest BCUT2D eigenvalue weighted by atomic mass is 9.98. The van der Waals surface area contributed by atoms with Gasteiger partial charge < -0.3 is 15.4 Å². The summed E-state index contributed by atoms with van der Waals surface area (Å²) in [4.78, 5) is 2.50. The first-order chi connectivity index (χ1) is 9.26. The highest BCUT2D eigenvalue weighted by atomic mass is 16.5. The van der Waals surface area contributed by atoms with Crippen molar-refractivity contribution in [3.8, 4) is 0 Å². The van der Waals surface area contributed by atoms with Gasteiger partial charge >= 0.3 is 0 Å². The molecule has 1 fully saturated rings. The molecule has 0 amide bonds. The minimum atomic E-state index is 0.412. The molecule has 0 bridgehead atoms. The van der Waals surface area contributed by atoms with Gasteiger partial charge in [-0.25, -0.2) is 0 Å². The Bertz CT molecular complexity index is 446. The number of nitrogens with zero attached hydrogens (tertiary/aromatic N) is 1. The lowest BCUT2D eigenvalue weighted by Crippen LogP contribution is -2.36. The quantitative estimate of drug-likeness (QED) is 0.907. The maximum atomic E-state index is 5.96. The molecule has 3 heteroatoms. The number of aryl methyl sites for hydroxylation is 1. The minimum absolute atomic E-state index is 0.412. The Balaban J connectivity index is 1.74. The fourth-order valence-corrected chi connectivity index (χ4v) is 3.31. The SMILES string of the molecule is CC1CCC(CN2CCCc3cc(CN)ccc32)O1. The van der Waals surface area contributed by atoms with Crippen LogP contribution < -0.4 is 10.6 Å². The molecule has 2 aliphatic heterocycles. The molecule has 1 saturated heterocycles. The van der Waals surface area contributed by atoms with Crippen molar-refractivity contribution < 1.29 is 4.74 Å². The van der Waals surface area contributed by atoms with Crippen molar-refractivity contribution in [2.75, 3.05) is 18.0 Å². The summed E-state index contributed by atoms with van der Waals surface area (Å²) in [6.45, 7) is 5.01. The summed E-state index contributed by atoms with van der Waals surface area (Å²) in [5.41, 5.74) is 9.83. The Labute approximate surface area is 115 Å². The smallest absolute Gasteiger partial charge is 0.0754 e. The van der Waals surface area contributed by atoms with Gasteiger partial charge in [-0.1, -0.05) is 12.1 Å². The molecule has 0 radical (unpaired) electrons. The number of benzene rings is 1. The first-order valence-electron chi connectivity index (χ1n) is 7.48. The van der Waals surface area contributed by atoms with Crippen LogP contribution in [0.15, 0.2) is 18.2 Å². The van der Waals surface area contributed by atoms with Crippen molar-refractivity contribution in [2.24, 2.45) is 5.73 Å². The number of hydrogen-bond acceptors (Lipinski definition) is 3. The summed E-state index contributed by atoms with van der Waals surface area (Å²) < 4.78 is 5.96. The van der Waals surface area contributed by atoms with E-state index in [9.17, 15) is 0 Å². The van der Waals surface area contributed by atoms with Crippen molar-refractivity contribution in [3.05, 3.63) is 29.3 Å². The second-order valence-corrected chi connectivity index (χ2v) is 5.86. The summed E-state index contributed by atoms with van der Waals surface area (Å²) in [7, 11) is 0. The average molecular weight is 260 g/mol. The number of hydrogen-bond donors (Lipinski definition) is 1. The van der Waals surface area contributed by atoms with Crippen LogP contribution in [0.4, 0.5) is 5.69 Å². The zero-order chi connectivity index (χ0) is 13.2. The van der Waals surface area contributed by atoms with Gasteiger partial charge in [0.15, 0.2) is 0 Å². The zero-order valence-corrected chi connectivity index (χ0v) is 11.8. The molecule has 1 aromatic carbocycles. The minimum Gasteiger partial charge on any atom is -0.373 e. The molecule has 104 valence electrons. The molecule has 0 aromatic heterocycles. The lowest BCUT2D eigenvalue weighted by molar-refractivity contribution is 0.0598. The van der Waals surface area contributed by atoms with Gasteiger partial charge in [-0.05, 0) is 49.8 Å². The van der Waals surface area contributed by atoms with Crippen LogP contribution in [0, 0.1) is 0 Å². The molecule has 0 saturated carbocycles. The molecule has 0 aliphatic carbocycles. The molecule has 3 nitrogen and oxygen atoms in total. The van der Waals surface area contributed by atoms with Crippen LogP contribution in [0.2, 0.25) is 0 Å². The summed E-state index contributed by atoms with van der Waals surface area (Å²) in [6, 6.07) is 6.68. The summed E-state index contributed by atoms with van der Waals surface area (Å²) in [6.07, 6.45) is 5.68. The van der Waals surface area contributed by atoms with Gasteiger partial charge in [-0.15, -0.1) is 0 Å². The predicted octanol–water partition coefficient (Wildman–Crippen LogP) is 2.47. The third kappa shape index (κ3) is 2.77. The molecule has 1 aromatic rings. The van der Waals surface area contributed by atoms with Crippen molar-refractivity contribution in [2.45, 2.75) is 51.4 Å². The maximum absolute atomic E-state index is 5.96. The van der Waals surface area contributed by atoms with E-state index in [-0.39, 0.29) is 0 Å².